The van der Waals surface area contributed by atoms with Gasteiger partial charge in [-0.25, -0.2) is 0 Å². The number of anilines is 2. The van der Waals surface area contributed by atoms with Crippen molar-refractivity contribution in [3.63, 3.8) is 0 Å². The van der Waals surface area contributed by atoms with E-state index in [1.807, 2.05) is 36.4 Å². The lowest BCUT2D eigenvalue weighted by atomic mass is 10.2. The summed E-state index contributed by atoms with van der Waals surface area (Å²) < 4.78 is 5.12. The number of rotatable bonds is 7. The van der Waals surface area contributed by atoms with Crippen LogP contribution in [0.25, 0.3) is 0 Å². The molecule has 0 aromatic heterocycles. The molecule has 2 aromatic carbocycles. The van der Waals surface area contributed by atoms with Crippen molar-refractivity contribution in [1.82, 2.24) is 5.43 Å². The van der Waals surface area contributed by atoms with Gasteiger partial charge in [0.1, 0.15) is 5.75 Å². The third-order valence-electron chi connectivity index (χ3n) is 3.62. The Morgan fingerprint density at radius 3 is 2.44 bits per heavy atom. The topological polar surface area (TPSA) is 48.9 Å². The minimum atomic E-state index is 0.431. The lowest BCUT2D eigenvalue weighted by molar-refractivity contribution is 0.415. The van der Waals surface area contributed by atoms with E-state index in [4.69, 9.17) is 17.0 Å². The van der Waals surface area contributed by atoms with Gasteiger partial charge in [-0.05, 0) is 60.6 Å². The minimum Gasteiger partial charge on any atom is -0.497 e. The van der Waals surface area contributed by atoms with E-state index < -0.39 is 0 Å². The van der Waals surface area contributed by atoms with Crippen LogP contribution >= 0.6 is 12.2 Å². The Hall–Kier alpha value is -2.60. The molecule has 5 nitrogen and oxygen atoms in total. The summed E-state index contributed by atoms with van der Waals surface area (Å²) in [4.78, 5) is 2.23. The minimum absolute atomic E-state index is 0.431. The Labute approximate surface area is 154 Å². The van der Waals surface area contributed by atoms with Crippen molar-refractivity contribution in [2.45, 2.75) is 13.3 Å². The number of methoxy groups -OCH3 is 1. The van der Waals surface area contributed by atoms with Crippen LogP contribution in [0.5, 0.6) is 5.75 Å². The molecule has 6 heteroatoms. The van der Waals surface area contributed by atoms with E-state index >= 15 is 0 Å². The number of thiocarbonyl (C=S) groups is 1. The molecule has 0 aliphatic rings. The molecule has 0 heterocycles. The highest BCUT2D eigenvalue weighted by atomic mass is 32.1. The predicted octanol–water partition coefficient (Wildman–Crippen LogP) is 3.86. The Morgan fingerprint density at radius 1 is 1.16 bits per heavy atom. The highest BCUT2D eigenvalue weighted by Gasteiger charge is 1.99. The molecule has 0 atom stereocenters. The fourth-order valence-corrected chi connectivity index (χ4v) is 2.45. The molecule has 0 saturated carbocycles. The van der Waals surface area contributed by atoms with Crippen molar-refractivity contribution < 1.29 is 4.74 Å². The second-order valence-electron chi connectivity index (χ2n) is 5.57. The van der Waals surface area contributed by atoms with Crippen LogP contribution in [0.4, 0.5) is 11.4 Å². The van der Waals surface area contributed by atoms with Crippen LogP contribution in [0.3, 0.4) is 0 Å². The van der Waals surface area contributed by atoms with Crippen LogP contribution < -0.4 is 20.4 Å². The number of ether oxygens (including phenoxy) is 1. The molecule has 0 saturated heterocycles. The Balaban J connectivity index is 1.84. The standard InChI is InChI=1S/C19H24N4OS/c1-4-13-23(2)17-9-5-15(6-10-17)14-20-22-19(25)21-16-7-11-18(24-3)12-8-16/h5-12,14H,4,13H2,1-3H3,(H2,21,22,25)/b20-14+. The van der Waals surface area contributed by atoms with Crippen molar-refractivity contribution in [3.05, 3.63) is 54.1 Å². The summed E-state index contributed by atoms with van der Waals surface area (Å²) in [6, 6.07) is 15.8. The van der Waals surface area contributed by atoms with E-state index in [0.29, 0.717) is 5.11 Å². The first-order chi connectivity index (χ1) is 12.1. The average molecular weight is 356 g/mol. The second-order valence-corrected chi connectivity index (χ2v) is 5.97. The molecule has 0 amide bonds. The van der Waals surface area contributed by atoms with Crippen molar-refractivity contribution in [2.24, 2.45) is 5.10 Å². The van der Waals surface area contributed by atoms with Crippen molar-refractivity contribution >= 4 is 34.9 Å². The first-order valence-electron chi connectivity index (χ1n) is 8.17. The van der Waals surface area contributed by atoms with Gasteiger partial charge in [-0.1, -0.05) is 19.1 Å². The summed E-state index contributed by atoms with van der Waals surface area (Å²) in [5.41, 5.74) is 5.89. The summed E-state index contributed by atoms with van der Waals surface area (Å²) in [5.74, 6) is 0.801. The van der Waals surface area contributed by atoms with Gasteiger partial charge in [-0.15, -0.1) is 0 Å². The van der Waals surface area contributed by atoms with Crippen LogP contribution in [0.1, 0.15) is 18.9 Å². The highest BCUT2D eigenvalue weighted by molar-refractivity contribution is 7.80. The molecule has 2 aromatic rings. The van der Waals surface area contributed by atoms with E-state index in [2.05, 4.69) is 46.8 Å². The summed E-state index contributed by atoms with van der Waals surface area (Å²) in [5, 5.41) is 7.66. The third-order valence-corrected chi connectivity index (χ3v) is 3.81. The number of nitrogens with zero attached hydrogens (tertiary/aromatic N) is 2. The SMILES string of the molecule is CCCN(C)c1ccc(/C=N/NC(=S)Nc2ccc(OC)cc2)cc1. The molecule has 0 bridgehead atoms. The molecule has 0 fully saturated rings. The van der Waals surface area contributed by atoms with Crippen LogP contribution in [0.15, 0.2) is 53.6 Å². The Morgan fingerprint density at radius 2 is 1.84 bits per heavy atom. The molecule has 2 rings (SSSR count). The molecule has 132 valence electrons. The number of benzene rings is 2. The van der Waals surface area contributed by atoms with Crippen molar-refractivity contribution in [3.8, 4) is 5.75 Å². The smallest absolute Gasteiger partial charge is 0.191 e. The van der Waals surface area contributed by atoms with Gasteiger partial charge in [0, 0.05) is 25.0 Å². The Bertz CT molecular complexity index is 698. The second kappa shape index (κ2) is 9.64. The molecule has 2 N–H and O–H groups in total. The van der Waals surface area contributed by atoms with E-state index in [-0.39, 0.29) is 0 Å². The maximum absolute atomic E-state index is 5.22. The first-order valence-corrected chi connectivity index (χ1v) is 8.58. The zero-order valence-electron chi connectivity index (χ0n) is 14.8. The van der Waals surface area contributed by atoms with Crippen molar-refractivity contribution in [1.29, 1.82) is 0 Å². The maximum Gasteiger partial charge on any atom is 0.191 e. The largest absolute Gasteiger partial charge is 0.497 e. The lowest BCUT2D eigenvalue weighted by Crippen LogP contribution is -2.23. The van der Waals surface area contributed by atoms with E-state index in [1.165, 1.54) is 5.69 Å². The molecular weight excluding hydrogens is 332 g/mol. The fraction of sp³-hybridized carbons (Fsp3) is 0.263. The summed E-state index contributed by atoms with van der Waals surface area (Å²) in [7, 11) is 3.73. The van der Waals surface area contributed by atoms with Gasteiger partial charge in [0.25, 0.3) is 0 Å². The molecule has 0 aliphatic heterocycles. The van der Waals surface area contributed by atoms with Gasteiger partial charge in [0.2, 0.25) is 0 Å². The quantitative estimate of drug-likeness (QED) is 0.448. The van der Waals surface area contributed by atoms with Crippen LogP contribution in [-0.2, 0) is 0 Å². The molecule has 0 radical (unpaired) electrons. The Kier molecular flexibility index (Phi) is 7.22. The maximum atomic E-state index is 5.22. The van der Waals surface area contributed by atoms with E-state index in [0.717, 1.165) is 30.0 Å². The van der Waals surface area contributed by atoms with E-state index in [1.54, 1.807) is 13.3 Å². The number of hydrazone groups is 1. The first kappa shape index (κ1) is 18.7. The zero-order valence-corrected chi connectivity index (χ0v) is 15.6. The lowest BCUT2D eigenvalue weighted by Gasteiger charge is -2.18. The molecular formula is C19H24N4OS. The molecule has 0 aliphatic carbocycles. The van der Waals surface area contributed by atoms with Gasteiger partial charge in [0.15, 0.2) is 5.11 Å². The third kappa shape index (κ3) is 6.08. The van der Waals surface area contributed by atoms with Gasteiger partial charge >= 0.3 is 0 Å². The van der Waals surface area contributed by atoms with Crippen LogP contribution in [-0.4, -0.2) is 32.0 Å². The number of nitrogens with one attached hydrogen (secondary N) is 2. The summed E-state index contributed by atoms with van der Waals surface area (Å²) in [6.45, 7) is 3.21. The normalized spacial score (nSPS) is 10.5. The van der Waals surface area contributed by atoms with Crippen LogP contribution in [0, 0.1) is 0 Å². The van der Waals surface area contributed by atoms with E-state index in [9.17, 15) is 0 Å². The number of hydrogen-bond acceptors (Lipinski definition) is 4. The average Bonchev–Trinajstić information content (AvgIpc) is 2.63. The fourth-order valence-electron chi connectivity index (χ4n) is 2.28. The zero-order chi connectivity index (χ0) is 18.1. The summed E-state index contributed by atoms with van der Waals surface area (Å²) in [6.07, 6.45) is 2.87. The molecule has 25 heavy (non-hydrogen) atoms. The van der Waals surface area contributed by atoms with Gasteiger partial charge in [-0.2, -0.15) is 5.10 Å². The van der Waals surface area contributed by atoms with Crippen LogP contribution in [0.2, 0.25) is 0 Å². The molecule has 0 unspecified atom stereocenters. The predicted molar refractivity (Wildman–Crippen MR) is 110 cm³/mol. The van der Waals surface area contributed by atoms with Crippen molar-refractivity contribution in [2.75, 3.05) is 30.9 Å². The van der Waals surface area contributed by atoms with Gasteiger partial charge in [0.05, 0.1) is 13.3 Å². The van der Waals surface area contributed by atoms with Gasteiger partial charge < -0.3 is 15.0 Å². The highest BCUT2D eigenvalue weighted by Crippen LogP contribution is 2.15. The summed E-state index contributed by atoms with van der Waals surface area (Å²) >= 11 is 5.22. The van der Waals surface area contributed by atoms with Gasteiger partial charge in [-0.3, -0.25) is 5.43 Å². The molecule has 0 spiro atoms. The monoisotopic (exact) mass is 356 g/mol. The number of hydrogen-bond donors (Lipinski definition) is 2.